The van der Waals surface area contributed by atoms with E-state index in [0.29, 0.717) is 35.0 Å². The van der Waals surface area contributed by atoms with Gasteiger partial charge in [0.05, 0.1) is 35.2 Å². The second kappa shape index (κ2) is 12.2. The third-order valence-electron chi connectivity index (χ3n) is 6.00. The predicted octanol–water partition coefficient (Wildman–Crippen LogP) is 4.79. The van der Waals surface area contributed by atoms with E-state index in [9.17, 15) is 14.4 Å². The third-order valence-corrected chi connectivity index (χ3v) is 6.21. The van der Waals surface area contributed by atoms with Gasteiger partial charge in [0, 0.05) is 33.2 Å². The van der Waals surface area contributed by atoms with Crippen molar-refractivity contribution >= 4 is 29.0 Å². The minimum atomic E-state index is -0.522. The highest BCUT2D eigenvalue weighted by molar-refractivity contribution is 6.30. The van der Waals surface area contributed by atoms with E-state index in [2.05, 4.69) is 10.3 Å². The van der Waals surface area contributed by atoms with Crippen LogP contribution >= 0.6 is 11.6 Å². The fourth-order valence-electron chi connectivity index (χ4n) is 4.11. The summed E-state index contributed by atoms with van der Waals surface area (Å²) in [6, 6.07) is 10.7. The number of anilines is 1. The Balaban J connectivity index is 1.73. The van der Waals surface area contributed by atoms with Gasteiger partial charge in [-0.2, -0.15) is 0 Å². The van der Waals surface area contributed by atoms with Gasteiger partial charge >= 0.3 is 0 Å². The number of ketones is 1. The van der Waals surface area contributed by atoms with Gasteiger partial charge in [-0.1, -0.05) is 43.6 Å². The van der Waals surface area contributed by atoms with Crippen LogP contribution in [0, 0.1) is 5.41 Å². The lowest BCUT2D eigenvalue weighted by molar-refractivity contribution is -0.118. The molecule has 2 aromatic heterocycles. The Morgan fingerprint density at radius 2 is 1.89 bits per heavy atom. The number of aromatic nitrogens is 3. The van der Waals surface area contributed by atoms with Gasteiger partial charge in [0.1, 0.15) is 5.69 Å². The van der Waals surface area contributed by atoms with Crippen LogP contribution in [0.4, 0.5) is 5.69 Å². The van der Waals surface area contributed by atoms with E-state index in [1.807, 2.05) is 51.1 Å². The number of nitrogens with zero attached hydrogens (tertiary/aromatic N) is 3. The Labute approximate surface area is 221 Å². The highest BCUT2D eigenvalue weighted by atomic mass is 35.5. The zero-order valence-corrected chi connectivity index (χ0v) is 22.6. The molecule has 0 unspecified atom stereocenters. The molecule has 1 aromatic carbocycles. The van der Waals surface area contributed by atoms with Gasteiger partial charge < -0.3 is 14.8 Å². The Morgan fingerprint density at radius 3 is 2.54 bits per heavy atom. The zero-order valence-electron chi connectivity index (χ0n) is 21.8. The highest BCUT2D eigenvalue weighted by Gasteiger charge is 2.27. The molecule has 3 rings (SSSR count). The largest absolute Gasteiger partial charge is 0.477 e. The molecule has 0 bridgehead atoms. The Bertz CT molecular complexity index is 1310. The minimum Gasteiger partial charge on any atom is -0.477 e. The van der Waals surface area contributed by atoms with E-state index < -0.39 is 5.41 Å². The van der Waals surface area contributed by atoms with E-state index >= 15 is 0 Å². The molecule has 0 aliphatic heterocycles. The number of nitrogens with one attached hydrogen (secondary N) is 1. The van der Waals surface area contributed by atoms with E-state index in [1.54, 1.807) is 17.8 Å². The summed E-state index contributed by atoms with van der Waals surface area (Å²) in [4.78, 5) is 43.3. The standard InChI is InChI=1S/C27H33ClN4O5/c1-6-37-25-20(14-18(28)16-29-25)22(33)12-13-27(2,3)15-23(34)30-24-21(17-36-5)31(4)32(26(24)35)19-10-8-7-9-11-19/h7-11,14,16H,6,12-13,15,17H2,1-5H3,(H,30,34). The second-order valence-electron chi connectivity index (χ2n) is 9.48. The quantitative estimate of drug-likeness (QED) is 0.339. The molecule has 0 saturated carbocycles. The van der Waals surface area contributed by atoms with Gasteiger partial charge in [-0.15, -0.1) is 0 Å². The number of Topliss-reactive ketones (excluding diaryl/α,β-unsaturated/α-hetero) is 1. The summed E-state index contributed by atoms with van der Waals surface area (Å²) in [6.45, 7) is 6.14. The molecule has 0 radical (unpaired) electrons. The Morgan fingerprint density at radius 1 is 1.19 bits per heavy atom. The Hall–Kier alpha value is -3.43. The molecule has 9 nitrogen and oxygen atoms in total. The molecule has 1 N–H and O–H groups in total. The van der Waals surface area contributed by atoms with Gasteiger partial charge in [-0.3, -0.25) is 19.1 Å². The van der Waals surface area contributed by atoms with Crippen molar-refractivity contribution in [2.45, 2.75) is 46.6 Å². The number of pyridine rings is 1. The number of halogens is 1. The maximum atomic E-state index is 13.3. The minimum absolute atomic E-state index is 0.110. The van der Waals surface area contributed by atoms with Gasteiger partial charge in [0.25, 0.3) is 5.56 Å². The fraction of sp³-hybridized carbons (Fsp3) is 0.407. The van der Waals surface area contributed by atoms with Crippen LogP contribution in [0.5, 0.6) is 5.88 Å². The van der Waals surface area contributed by atoms with Crippen LogP contribution in [-0.2, 0) is 23.2 Å². The summed E-state index contributed by atoms with van der Waals surface area (Å²) in [7, 11) is 3.28. The molecule has 1 amide bonds. The maximum Gasteiger partial charge on any atom is 0.295 e. The SMILES string of the molecule is CCOc1ncc(Cl)cc1C(=O)CCC(C)(C)CC(=O)Nc1c(COC)n(C)n(-c2ccccc2)c1=O. The number of benzene rings is 1. The molecule has 0 saturated heterocycles. The van der Waals surface area contributed by atoms with E-state index in [-0.39, 0.29) is 48.3 Å². The molecular weight excluding hydrogens is 496 g/mol. The first-order valence-electron chi connectivity index (χ1n) is 12.0. The summed E-state index contributed by atoms with van der Waals surface area (Å²) in [5.74, 6) is -0.239. The second-order valence-corrected chi connectivity index (χ2v) is 9.92. The first-order chi connectivity index (χ1) is 17.6. The van der Waals surface area contributed by atoms with Crippen molar-refractivity contribution in [3.8, 4) is 11.6 Å². The molecule has 2 heterocycles. The average Bonchev–Trinajstić information content (AvgIpc) is 3.08. The first kappa shape index (κ1) is 28.1. The number of amides is 1. The molecule has 0 aliphatic carbocycles. The lowest BCUT2D eigenvalue weighted by Crippen LogP contribution is -2.26. The number of carbonyl (C=O) groups is 2. The molecular formula is C27H33ClN4O5. The van der Waals surface area contributed by atoms with Crippen molar-refractivity contribution in [1.29, 1.82) is 0 Å². The number of hydrogen-bond donors (Lipinski definition) is 1. The molecule has 3 aromatic rings. The summed E-state index contributed by atoms with van der Waals surface area (Å²) < 4.78 is 13.9. The average molecular weight is 529 g/mol. The van der Waals surface area contributed by atoms with Crippen LogP contribution in [0.2, 0.25) is 5.02 Å². The lowest BCUT2D eigenvalue weighted by atomic mass is 9.83. The van der Waals surface area contributed by atoms with Crippen LogP contribution in [0.15, 0.2) is 47.4 Å². The molecule has 37 heavy (non-hydrogen) atoms. The maximum absolute atomic E-state index is 13.3. The van der Waals surface area contributed by atoms with Crippen LogP contribution < -0.4 is 15.6 Å². The van der Waals surface area contributed by atoms with Crippen molar-refractivity contribution < 1.29 is 19.1 Å². The van der Waals surface area contributed by atoms with Crippen molar-refractivity contribution in [2.75, 3.05) is 19.0 Å². The van der Waals surface area contributed by atoms with Crippen molar-refractivity contribution in [3.05, 3.63) is 69.2 Å². The number of ether oxygens (including phenoxy) is 2. The van der Waals surface area contributed by atoms with E-state index in [1.165, 1.54) is 18.0 Å². The number of para-hydroxylation sites is 1. The van der Waals surface area contributed by atoms with Gasteiger partial charge in [0.15, 0.2) is 5.78 Å². The van der Waals surface area contributed by atoms with E-state index in [0.717, 1.165) is 0 Å². The zero-order chi connectivity index (χ0) is 27.2. The van der Waals surface area contributed by atoms with Gasteiger partial charge in [0.2, 0.25) is 11.8 Å². The lowest BCUT2D eigenvalue weighted by Gasteiger charge is -2.23. The van der Waals surface area contributed by atoms with Crippen LogP contribution in [0.25, 0.3) is 5.69 Å². The molecule has 10 heteroatoms. The normalized spacial score (nSPS) is 11.4. The van der Waals surface area contributed by atoms with Crippen molar-refractivity contribution in [2.24, 2.45) is 12.5 Å². The molecule has 198 valence electrons. The van der Waals surface area contributed by atoms with Crippen LogP contribution in [0.1, 0.15) is 56.1 Å². The number of carbonyl (C=O) groups excluding carboxylic acids is 2. The molecule has 0 fully saturated rings. The number of rotatable bonds is 12. The predicted molar refractivity (Wildman–Crippen MR) is 143 cm³/mol. The van der Waals surface area contributed by atoms with Crippen molar-refractivity contribution in [1.82, 2.24) is 14.3 Å². The van der Waals surface area contributed by atoms with E-state index in [4.69, 9.17) is 21.1 Å². The van der Waals surface area contributed by atoms with Gasteiger partial charge in [-0.05, 0) is 37.0 Å². The monoisotopic (exact) mass is 528 g/mol. The summed E-state index contributed by atoms with van der Waals surface area (Å²) in [5.41, 5.74) is 0.856. The highest BCUT2D eigenvalue weighted by Crippen LogP contribution is 2.30. The van der Waals surface area contributed by atoms with Crippen LogP contribution in [0.3, 0.4) is 0 Å². The van der Waals surface area contributed by atoms with Crippen molar-refractivity contribution in [3.63, 3.8) is 0 Å². The van der Waals surface area contributed by atoms with Gasteiger partial charge in [-0.25, -0.2) is 9.67 Å². The molecule has 0 atom stereocenters. The Kier molecular flexibility index (Phi) is 9.29. The smallest absolute Gasteiger partial charge is 0.295 e. The summed E-state index contributed by atoms with van der Waals surface area (Å²) in [5, 5.41) is 3.15. The molecule has 0 aliphatic rings. The third kappa shape index (κ3) is 6.87. The fourth-order valence-corrected chi connectivity index (χ4v) is 4.27. The van der Waals surface area contributed by atoms with Crippen LogP contribution in [-0.4, -0.2) is 39.8 Å². The topological polar surface area (TPSA) is 104 Å². The number of methoxy groups -OCH3 is 1. The molecule has 0 spiro atoms. The summed E-state index contributed by atoms with van der Waals surface area (Å²) in [6.07, 6.45) is 2.16. The first-order valence-corrected chi connectivity index (χ1v) is 12.4. The summed E-state index contributed by atoms with van der Waals surface area (Å²) >= 11 is 6.04. The number of hydrogen-bond acceptors (Lipinski definition) is 6.